The maximum absolute atomic E-state index is 11.4. The molecule has 4 nitrogen and oxygen atoms in total. The number of carbonyl (C=O) groups excluding carboxylic acids is 1. The molecule has 0 aliphatic rings. The van der Waals surface area contributed by atoms with E-state index in [0.29, 0.717) is 17.4 Å². The number of likely N-dealkylation sites (N-methyl/N-ethyl adjacent to an activating group) is 1. The number of ether oxygens (including phenoxy) is 2. The van der Waals surface area contributed by atoms with Crippen LogP contribution < -0.4 is 14.8 Å². The van der Waals surface area contributed by atoms with Crippen LogP contribution in [0.5, 0.6) is 11.5 Å². The molecular weight excluding hydrogens is 302 g/mol. The summed E-state index contributed by atoms with van der Waals surface area (Å²) in [4.78, 5) is 11.4. The van der Waals surface area contributed by atoms with Gasteiger partial charge in [0, 0.05) is 12.1 Å². The van der Waals surface area contributed by atoms with Gasteiger partial charge in [-0.1, -0.05) is 23.7 Å². The van der Waals surface area contributed by atoms with Crippen LogP contribution >= 0.6 is 11.6 Å². The fourth-order valence-corrected chi connectivity index (χ4v) is 2.08. The smallest absolute Gasteiger partial charge is 0.260 e. The Morgan fingerprint density at radius 2 is 1.86 bits per heavy atom. The van der Waals surface area contributed by atoms with Crippen molar-refractivity contribution in [2.24, 2.45) is 0 Å². The number of amides is 1. The van der Waals surface area contributed by atoms with Crippen LogP contribution in [0, 0.1) is 0 Å². The first-order valence-electron chi connectivity index (χ1n) is 6.94. The number of hydrogen-bond acceptors (Lipinski definition) is 3. The van der Waals surface area contributed by atoms with Crippen LogP contribution in [0.1, 0.15) is 12.5 Å². The van der Waals surface area contributed by atoms with Gasteiger partial charge in [0.1, 0.15) is 18.1 Å². The van der Waals surface area contributed by atoms with E-state index in [2.05, 4.69) is 5.32 Å². The molecular formula is C17H18ClNO3. The molecule has 0 fully saturated rings. The summed E-state index contributed by atoms with van der Waals surface area (Å²) in [5.41, 5.74) is 1.00. The van der Waals surface area contributed by atoms with Gasteiger partial charge in [0.15, 0.2) is 6.10 Å². The zero-order valence-electron chi connectivity index (χ0n) is 12.5. The van der Waals surface area contributed by atoms with Gasteiger partial charge < -0.3 is 14.8 Å². The highest BCUT2D eigenvalue weighted by molar-refractivity contribution is 6.30. The summed E-state index contributed by atoms with van der Waals surface area (Å²) in [6, 6.07) is 14.7. The number of nitrogens with one attached hydrogen (secondary N) is 1. The summed E-state index contributed by atoms with van der Waals surface area (Å²) in [6.45, 7) is 2.14. The molecule has 5 heteroatoms. The minimum atomic E-state index is -0.539. The predicted molar refractivity (Wildman–Crippen MR) is 86.4 cm³/mol. The van der Waals surface area contributed by atoms with E-state index in [-0.39, 0.29) is 5.91 Å². The zero-order chi connectivity index (χ0) is 15.9. The predicted octanol–water partition coefficient (Wildman–Crippen LogP) is 3.43. The van der Waals surface area contributed by atoms with Crippen LogP contribution in [0.15, 0.2) is 48.5 Å². The summed E-state index contributed by atoms with van der Waals surface area (Å²) in [6.07, 6.45) is -0.539. The van der Waals surface area contributed by atoms with Crippen LogP contribution in [-0.2, 0) is 11.4 Å². The van der Waals surface area contributed by atoms with Crippen molar-refractivity contribution in [3.05, 3.63) is 59.1 Å². The minimum absolute atomic E-state index is 0.165. The second-order valence-corrected chi connectivity index (χ2v) is 5.20. The van der Waals surface area contributed by atoms with Crippen LogP contribution in [0.3, 0.4) is 0 Å². The zero-order valence-corrected chi connectivity index (χ0v) is 13.3. The number of hydrogen-bond donors (Lipinski definition) is 1. The van der Waals surface area contributed by atoms with Gasteiger partial charge in [-0.2, -0.15) is 0 Å². The molecule has 22 heavy (non-hydrogen) atoms. The lowest BCUT2D eigenvalue weighted by atomic mass is 10.2. The van der Waals surface area contributed by atoms with Gasteiger partial charge in [-0.15, -0.1) is 0 Å². The first-order chi connectivity index (χ1) is 10.6. The van der Waals surface area contributed by atoms with Gasteiger partial charge in [0.05, 0.1) is 0 Å². The molecule has 0 spiro atoms. The van der Waals surface area contributed by atoms with Crippen molar-refractivity contribution in [1.82, 2.24) is 5.32 Å². The lowest BCUT2D eigenvalue weighted by molar-refractivity contribution is -0.126. The van der Waals surface area contributed by atoms with Gasteiger partial charge in [-0.25, -0.2) is 0 Å². The Kier molecular flexibility index (Phi) is 5.67. The maximum atomic E-state index is 11.4. The molecule has 2 aromatic rings. The van der Waals surface area contributed by atoms with E-state index in [9.17, 15) is 4.79 Å². The molecule has 116 valence electrons. The van der Waals surface area contributed by atoms with Gasteiger partial charge in [0.25, 0.3) is 5.91 Å². The van der Waals surface area contributed by atoms with Gasteiger partial charge in [0.2, 0.25) is 0 Å². The fourth-order valence-electron chi connectivity index (χ4n) is 1.87. The number of rotatable bonds is 6. The van der Waals surface area contributed by atoms with Crippen molar-refractivity contribution in [3.63, 3.8) is 0 Å². The molecule has 1 N–H and O–H groups in total. The normalized spacial score (nSPS) is 11.6. The number of benzene rings is 2. The molecule has 0 saturated carbocycles. The van der Waals surface area contributed by atoms with Gasteiger partial charge in [-0.05, 0) is 48.9 Å². The summed E-state index contributed by atoms with van der Waals surface area (Å²) >= 11 is 5.93. The standard InChI is InChI=1S/C17H18ClNO3/c1-12(17(20)19-2)22-16-8-6-15(7-9-16)21-11-13-4-3-5-14(18)10-13/h3-10,12H,11H2,1-2H3,(H,19,20). The molecule has 1 amide bonds. The van der Waals surface area contributed by atoms with E-state index in [0.717, 1.165) is 11.3 Å². The quantitative estimate of drug-likeness (QED) is 0.887. The molecule has 0 bridgehead atoms. The third-order valence-electron chi connectivity index (χ3n) is 3.05. The van der Waals surface area contributed by atoms with E-state index in [1.54, 1.807) is 38.2 Å². The Balaban J connectivity index is 1.90. The van der Waals surface area contributed by atoms with Crippen LogP contribution in [0.2, 0.25) is 5.02 Å². The summed E-state index contributed by atoms with van der Waals surface area (Å²) in [5, 5.41) is 3.23. The molecule has 0 aliphatic carbocycles. The lowest BCUT2D eigenvalue weighted by Gasteiger charge is -2.13. The van der Waals surface area contributed by atoms with E-state index >= 15 is 0 Å². The number of halogens is 1. The van der Waals surface area contributed by atoms with E-state index < -0.39 is 6.10 Å². The molecule has 1 atom stereocenters. The molecule has 0 aliphatic heterocycles. The Morgan fingerprint density at radius 1 is 1.18 bits per heavy atom. The van der Waals surface area contributed by atoms with E-state index in [4.69, 9.17) is 21.1 Å². The summed E-state index contributed by atoms with van der Waals surface area (Å²) in [7, 11) is 1.58. The van der Waals surface area contributed by atoms with Crippen molar-refractivity contribution >= 4 is 17.5 Å². The Morgan fingerprint density at radius 3 is 2.50 bits per heavy atom. The Hall–Kier alpha value is -2.20. The highest BCUT2D eigenvalue weighted by Crippen LogP contribution is 2.20. The average molecular weight is 320 g/mol. The molecule has 0 saturated heterocycles. The molecule has 0 aromatic heterocycles. The van der Waals surface area contributed by atoms with Crippen LogP contribution in [0.25, 0.3) is 0 Å². The third kappa shape index (κ3) is 4.67. The highest BCUT2D eigenvalue weighted by atomic mass is 35.5. The monoisotopic (exact) mass is 319 g/mol. The van der Waals surface area contributed by atoms with Crippen molar-refractivity contribution in [3.8, 4) is 11.5 Å². The SMILES string of the molecule is CNC(=O)C(C)Oc1ccc(OCc2cccc(Cl)c2)cc1. The molecule has 0 radical (unpaired) electrons. The topological polar surface area (TPSA) is 47.6 Å². The summed E-state index contributed by atoms with van der Waals surface area (Å²) < 4.78 is 11.2. The summed E-state index contributed by atoms with van der Waals surface area (Å²) in [5.74, 6) is 1.17. The van der Waals surface area contributed by atoms with Crippen molar-refractivity contribution in [2.45, 2.75) is 19.6 Å². The third-order valence-corrected chi connectivity index (χ3v) is 3.28. The number of carbonyl (C=O) groups is 1. The fraction of sp³-hybridized carbons (Fsp3) is 0.235. The second-order valence-electron chi connectivity index (χ2n) is 4.76. The molecule has 1 unspecified atom stereocenters. The highest BCUT2D eigenvalue weighted by Gasteiger charge is 2.12. The Labute approximate surface area is 135 Å². The van der Waals surface area contributed by atoms with Crippen molar-refractivity contribution in [2.75, 3.05) is 7.05 Å². The molecule has 2 aromatic carbocycles. The van der Waals surface area contributed by atoms with E-state index in [1.807, 2.05) is 24.3 Å². The lowest BCUT2D eigenvalue weighted by Crippen LogP contribution is -2.33. The average Bonchev–Trinajstić information content (AvgIpc) is 2.53. The van der Waals surface area contributed by atoms with Gasteiger partial charge >= 0.3 is 0 Å². The minimum Gasteiger partial charge on any atom is -0.489 e. The molecule has 0 heterocycles. The van der Waals surface area contributed by atoms with Crippen LogP contribution in [0.4, 0.5) is 0 Å². The van der Waals surface area contributed by atoms with E-state index in [1.165, 1.54) is 0 Å². The molecule has 2 rings (SSSR count). The van der Waals surface area contributed by atoms with Crippen molar-refractivity contribution < 1.29 is 14.3 Å². The Bertz CT molecular complexity index is 628. The van der Waals surface area contributed by atoms with Gasteiger partial charge in [-0.3, -0.25) is 4.79 Å². The van der Waals surface area contributed by atoms with Crippen LogP contribution in [-0.4, -0.2) is 19.1 Å². The van der Waals surface area contributed by atoms with Crippen molar-refractivity contribution in [1.29, 1.82) is 0 Å². The first-order valence-corrected chi connectivity index (χ1v) is 7.32. The maximum Gasteiger partial charge on any atom is 0.260 e. The second kappa shape index (κ2) is 7.71. The largest absolute Gasteiger partial charge is 0.489 e. The first kappa shape index (κ1) is 16.2.